The maximum atomic E-state index is 13.5. The molecule has 0 saturated heterocycles. The summed E-state index contributed by atoms with van der Waals surface area (Å²) in [5, 5.41) is 2.64. The Morgan fingerprint density at radius 3 is 2.86 bits per heavy atom. The van der Waals surface area contributed by atoms with Crippen LogP contribution in [0.4, 0.5) is 10.3 Å². The van der Waals surface area contributed by atoms with Crippen molar-refractivity contribution in [1.82, 2.24) is 14.4 Å². The van der Waals surface area contributed by atoms with Crippen LogP contribution in [0.3, 0.4) is 0 Å². The summed E-state index contributed by atoms with van der Waals surface area (Å²) in [7, 11) is 2.32. The van der Waals surface area contributed by atoms with Crippen molar-refractivity contribution in [3.8, 4) is 0 Å². The van der Waals surface area contributed by atoms with E-state index in [2.05, 4.69) is 24.8 Å². The molecule has 0 spiro atoms. The molecule has 1 atom stereocenters. The van der Waals surface area contributed by atoms with Crippen molar-refractivity contribution in [2.45, 2.75) is 6.17 Å². The molecule has 0 bridgehead atoms. The Balaban J connectivity index is 2.27. The van der Waals surface area contributed by atoms with Crippen LogP contribution in [0.25, 0.3) is 5.65 Å². The smallest absolute Gasteiger partial charge is 0.356 e. The number of fused-ring (bicyclic) bond motifs is 1. The predicted octanol–water partition coefficient (Wildman–Crippen LogP) is 0.439. The van der Waals surface area contributed by atoms with Gasteiger partial charge in [-0.05, 0) is 0 Å². The molecule has 1 N–H and O–H groups in total. The lowest BCUT2D eigenvalue weighted by Gasteiger charge is -2.11. The summed E-state index contributed by atoms with van der Waals surface area (Å²) in [6, 6.07) is 1.43. The molecule has 0 unspecified atom stereocenters. The van der Waals surface area contributed by atoms with Crippen LogP contribution >= 0.6 is 0 Å². The number of carbonyl (C=O) groups is 2. The lowest BCUT2D eigenvalue weighted by Crippen LogP contribution is -2.27. The van der Waals surface area contributed by atoms with Gasteiger partial charge in [-0.15, -0.1) is 0 Å². The van der Waals surface area contributed by atoms with Crippen LogP contribution in [-0.4, -0.2) is 53.2 Å². The van der Waals surface area contributed by atoms with E-state index in [1.807, 2.05) is 0 Å². The number of ether oxygens (including phenoxy) is 2. The number of esters is 2. The van der Waals surface area contributed by atoms with E-state index >= 15 is 0 Å². The number of aromatic nitrogens is 3. The average Bonchev–Trinajstić information content (AvgIpc) is 2.98. The zero-order valence-electron chi connectivity index (χ0n) is 11.4. The topological polar surface area (TPSA) is 94.8 Å². The molecule has 2 aromatic heterocycles. The van der Waals surface area contributed by atoms with Gasteiger partial charge in [-0.2, -0.15) is 0 Å². The van der Waals surface area contributed by atoms with E-state index in [1.165, 1.54) is 23.8 Å². The minimum absolute atomic E-state index is 0.0205. The highest BCUT2D eigenvalue weighted by atomic mass is 19.1. The van der Waals surface area contributed by atoms with E-state index < -0.39 is 18.1 Å². The molecule has 2 heterocycles. The van der Waals surface area contributed by atoms with Crippen LogP contribution in [0.2, 0.25) is 0 Å². The Morgan fingerprint density at radius 1 is 1.43 bits per heavy atom. The van der Waals surface area contributed by atoms with Gasteiger partial charge >= 0.3 is 11.9 Å². The molecule has 0 radical (unpaired) electrons. The molecule has 21 heavy (non-hydrogen) atoms. The fourth-order valence-electron chi connectivity index (χ4n) is 1.65. The van der Waals surface area contributed by atoms with Gasteiger partial charge in [-0.25, -0.2) is 23.9 Å². The van der Waals surface area contributed by atoms with Gasteiger partial charge in [0.15, 0.2) is 5.69 Å². The molecule has 2 aromatic rings. The third-order valence-electron chi connectivity index (χ3n) is 2.68. The zero-order chi connectivity index (χ0) is 15.4. The fraction of sp³-hybridized carbons (Fsp3) is 0.333. The number of hydrogen-bond donors (Lipinski definition) is 1. The van der Waals surface area contributed by atoms with Gasteiger partial charge < -0.3 is 14.8 Å². The summed E-state index contributed by atoms with van der Waals surface area (Å²) in [5.74, 6) is -1.47. The molecular weight excluding hydrogens is 283 g/mol. The van der Waals surface area contributed by atoms with Crippen LogP contribution in [-0.2, 0) is 14.3 Å². The number of rotatable bonds is 5. The number of hydrogen-bond acceptors (Lipinski definition) is 7. The first-order valence-corrected chi connectivity index (χ1v) is 5.95. The minimum atomic E-state index is -1.85. The molecule has 0 aliphatic carbocycles. The van der Waals surface area contributed by atoms with Gasteiger partial charge in [0.1, 0.15) is 5.65 Å². The summed E-state index contributed by atoms with van der Waals surface area (Å²) < 4.78 is 23.8. The molecule has 0 aliphatic rings. The van der Waals surface area contributed by atoms with Gasteiger partial charge in [0.2, 0.25) is 12.1 Å². The third kappa shape index (κ3) is 3.07. The maximum Gasteiger partial charge on any atom is 0.356 e. The Hall–Kier alpha value is -2.71. The molecule has 0 amide bonds. The average molecular weight is 296 g/mol. The lowest BCUT2D eigenvalue weighted by molar-refractivity contribution is -0.145. The van der Waals surface area contributed by atoms with Crippen molar-refractivity contribution in [2.75, 3.05) is 26.1 Å². The minimum Gasteiger partial charge on any atom is -0.467 e. The van der Waals surface area contributed by atoms with E-state index in [0.717, 1.165) is 7.11 Å². The Morgan fingerprint density at radius 2 is 2.19 bits per heavy atom. The number of nitrogens with zero attached hydrogens (tertiary/aromatic N) is 3. The number of imidazole rings is 1. The van der Waals surface area contributed by atoms with Crippen molar-refractivity contribution >= 4 is 23.5 Å². The first kappa shape index (κ1) is 14.7. The summed E-state index contributed by atoms with van der Waals surface area (Å²) >= 11 is 0. The van der Waals surface area contributed by atoms with E-state index in [4.69, 9.17) is 0 Å². The summed E-state index contributed by atoms with van der Waals surface area (Å²) in [5.41, 5.74) is 0.452. The van der Waals surface area contributed by atoms with E-state index in [1.54, 1.807) is 6.20 Å². The maximum absolute atomic E-state index is 13.5. The number of methoxy groups -OCH3 is 2. The second-order valence-electron chi connectivity index (χ2n) is 3.98. The number of halogens is 1. The summed E-state index contributed by atoms with van der Waals surface area (Å²) in [6.07, 6.45) is 1.23. The van der Waals surface area contributed by atoms with Crippen molar-refractivity contribution in [3.05, 3.63) is 24.2 Å². The van der Waals surface area contributed by atoms with Crippen LogP contribution in [0, 0.1) is 0 Å². The second-order valence-corrected chi connectivity index (χ2v) is 3.98. The molecule has 0 fully saturated rings. The highest BCUT2D eigenvalue weighted by Gasteiger charge is 2.19. The second kappa shape index (κ2) is 6.16. The van der Waals surface area contributed by atoms with Gasteiger partial charge in [0.05, 0.1) is 20.8 Å². The Labute approximate surface area is 118 Å². The van der Waals surface area contributed by atoms with Crippen LogP contribution < -0.4 is 5.32 Å². The Kier molecular flexibility index (Phi) is 4.31. The highest BCUT2D eigenvalue weighted by molar-refractivity contribution is 5.88. The highest BCUT2D eigenvalue weighted by Crippen LogP contribution is 2.12. The Bertz CT molecular complexity index is 672. The standard InChI is InChI=1S/C12H13FN4O4/c1-20-10(18)7(13)6-15-12-16-8(11(19)21-2)5-9-14-3-4-17(9)12/h3-5,7H,6H2,1-2H3,(H,15,16)/t7-/m0/s1. The van der Waals surface area contributed by atoms with E-state index in [-0.39, 0.29) is 18.2 Å². The zero-order valence-corrected chi connectivity index (χ0v) is 11.4. The van der Waals surface area contributed by atoms with Crippen LogP contribution in [0.1, 0.15) is 10.5 Å². The molecule has 8 nitrogen and oxygen atoms in total. The number of nitrogens with one attached hydrogen (secondary N) is 1. The van der Waals surface area contributed by atoms with E-state index in [9.17, 15) is 14.0 Å². The first-order chi connectivity index (χ1) is 10.1. The fourth-order valence-corrected chi connectivity index (χ4v) is 1.65. The summed E-state index contributed by atoms with van der Waals surface area (Å²) in [4.78, 5) is 30.6. The SMILES string of the molecule is COC(=O)c1cc2nccn2c(NC[C@H](F)C(=O)OC)n1. The third-order valence-corrected chi connectivity index (χ3v) is 2.68. The van der Waals surface area contributed by atoms with Gasteiger partial charge in [0.25, 0.3) is 0 Å². The van der Waals surface area contributed by atoms with Crippen LogP contribution in [0.15, 0.2) is 18.5 Å². The molecule has 9 heteroatoms. The lowest BCUT2D eigenvalue weighted by atomic mass is 10.4. The van der Waals surface area contributed by atoms with Gasteiger partial charge in [0, 0.05) is 18.5 Å². The molecule has 0 saturated carbocycles. The van der Waals surface area contributed by atoms with Crippen molar-refractivity contribution in [1.29, 1.82) is 0 Å². The van der Waals surface area contributed by atoms with Crippen molar-refractivity contribution in [2.24, 2.45) is 0 Å². The molecule has 2 rings (SSSR count). The quantitative estimate of drug-likeness (QED) is 0.800. The van der Waals surface area contributed by atoms with Crippen molar-refractivity contribution < 1.29 is 23.5 Å². The van der Waals surface area contributed by atoms with Gasteiger partial charge in [-0.3, -0.25) is 4.40 Å². The van der Waals surface area contributed by atoms with E-state index in [0.29, 0.717) is 5.65 Å². The monoisotopic (exact) mass is 296 g/mol. The largest absolute Gasteiger partial charge is 0.467 e. The molecule has 0 aromatic carbocycles. The molecule has 0 aliphatic heterocycles. The summed E-state index contributed by atoms with van der Waals surface area (Å²) in [6.45, 7) is -0.350. The number of carbonyl (C=O) groups excluding carboxylic acids is 2. The van der Waals surface area contributed by atoms with Crippen molar-refractivity contribution in [3.63, 3.8) is 0 Å². The first-order valence-electron chi connectivity index (χ1n) is 5.95. The van der Waals surface area contributed by atoms with Crippen LogP contribution in [0.5, 0.6) is 0 Å². The number of alkyl halides is 1. The molecular formula is C12H13FN4O4. The van der Waals surface area contributed by atoms with Gasteiger partial charge in [-0.1, -0.05) is 0 Å². The normalized spacial score (nSPS) is 12.0. The molecule has 112 valence electrons. The predicted molar refractivity (Wildman–Crippen MR) is 69.7 cm³/mol. The number of anilines is 1.